The highest BCUT2D eigenvalue weighted by Crippen LogP contribution is 2.23. The van der Waals surface area contributed by atoms with Crippen LogP contribution in [0.25, 0.3) is 0 Å². The highest BCUT2D eigenvalue weighted by atomic mass is 15.1. The lowest BCUT2D eigenvalue weighted by molar-refractivity contribution is 0.699. The van der Waals surface area contributed by atoms with Gasteiger partial charge in [-0.1, -0.05) is 19.1 Å². The standard InChI is InChI=1S/C15H26N2/c1-6-16-11-14-8-9-15(13(5)10-14)17(7-2)12(3)4/h8-10,12,16H,6-7,11H2,1-5H3. The molecule has 96 valence electrons. The van der Waals surface area contributed by atoms with Crippen molar-refractivity contribution in [2.75, 3.05) is 18.0 Å². The number of hydrogen-bond acceptors (Lipinski definition) is 2. The average molecular weight is 234 g/mol. The molecule has 0 atom stereocenters. The lowest BCUT2D eigenvalue weighted by atomic mass is 10.1. The summed E-state index contributed by atoms with van der Waals surface area (Å²) in [6.07, 6.45) is 0. The van der Waals surface area contributed by atoms with Gasteiger partial charge < -0.3 is 10.2 Å². The maximum atomic E-state index is 3.36. The van der Waals surface area contributed by atoms with E-state index in [9.17, 15) is 0 Å². The third kappa shape index (κ3) is 3.74. The fraction of sp³-hybridized carbons (Fsp3) is 0.600. The molecule has 1 aromatic rings. The molecule has 17 heavy (non-hydrogen) atoms. The van der Waals surface area contributed by atoms with Gasteiger partial charge in [0.2, 0.25) is 0 Å². The second kappa shape index (κ2) is 6.65. The summed E-state index contributed by atoms with van der Waals surface area (Å²) in [4.78, 5) is 2.44. The number of aryl methyl sites for hydroxylation is 1. The molecule has 0 fully saturated rings. The Balaban J connectivity index is 2.88. The van der Waals surface area contributed by atoms with Gasteiger partial charge in [-0.05, 0) is 51.4 Å². The van der Waals surface area contributed by atoms with Gasteiger partial charge in [-0.25, -0.2) is 0 Å². The molecule has 0 heterocycles. The van der Waals surface area contributed by atoms with Crippen LogP contribution in [0.3, 0.4) is 0 Å². The molecule has 1 rings (SSSR count). The van der Waals surface area contributed by atoms with Crippen LogP contribution in [0.1, 0.15) is 38.8 Å². The van der Waals surface area contributed by atoms with Gasteiger partial charge in [-0.15, -0.1) is 0 Å². The summed E-state index contributed by atoms with van der Waals surface area (Å²) in [5, 5.41) is 3.36. The van der Waals surface area contributed by atoms with Gasteiger partial charge in [-0.3, -0.25) is 0 Å². The molecular formula is C15H26N2. The van der Waals surface area contributed by atoms with E-state index in [1.165, 1.54) is 16.8 Å². The molecule has 0 amide bonds. The Kier molecular flexibility index (Phi) is 5.49. The minimum Gasteiger partial charge on any atom is -0.369 e. The summed E-state index contributed by atoms with van der Waals surface area (Å²) in [5.74, 6) is 0. The summed E-state index contributed by atoms with van der Waals surface area (Å²) in [6.45, 7) is 14.1. The van der Waals surface area contributed by atoms with Crippen molar-refractivity contribution in [3.8, 4) is 0 Å². The molecule has 0 spiro atoms. The van der Waals surface area contributed by atoms with Crippen molar-refractivity contribution in [3.63, 3.8) is 0 Å². The molecular weight excluding hydrogens is 208 g/mol. The molecule has 0 aliphatic rings. The van der Waals surface area contributed by atoms with E-state index in [2.05, 4.69) is 63.0 Å². The molecule has 1 aromatic carbocycles. The van der Waals surface area contributed by atoms with E-state index in [-0.39, 0.29) is 0 Å². The molecule has 0 saturated carbocycles. The van der Waals surface area contributed by atoms with Gasteiger partial charge in [0.15, 0.2) is 0 Å². The third-order valence-corrected chi connectivity index (χ3v) is 3.11. The van der Waals surface area contributed by atoms with E-state index < -0.39 is 0 Å². The molecule has 2 nitrogen and oxygen atoms in total. The van der Waals surface area contributed by atoms with E-state index in [1.807, 2.05) is 0 Å². The van der Waals surface area contributed by atoms with E-state index in [4.69, 9.17) is 0 Å². The van der Waals surface area contributed by atoms with Gasteiger partial charge in [0.25, 0.3) is 0 Å². The zero-order chi connectivity index (χ0) is 12.8. The van der Waals surface area contributed by atoms with E-state index in [0.717, 1.165) is 19.6 Å². The lowest BCUT2D eigenvalue weighted by Gasteiger charge is -2.29. The van der Waals surface area contributed by atoms with Crippen molar-refractivity contribution < 1.29 is 0 Å². The lowest BCUT2D eigenvalue weighted by Crippen LogP contribution is -2.30. The Hall–Kier alpha value is -1.02. The number of hydrogen-bond donors (Lipinski definition) is 1. The van der Waals surface area contributed by atoms with Crippen LogP contribution in [0.15, 0.2) is 18.2 Å². The number of rotatable bonds is 6. The Morgan fingerprint density at radius 3 is 2.41 bits per heavy atom. The van der Waals surface area contributed by atoms with Crippen LogP contribution >= 0.6 is 0 Å². The van der Waals surface area contributed by atoms with Gasteiger partial charge in [0.05, 0.1) is 0 Å². The Bertz CT molecular complexity index is 345. The molecule has 2 heteroatoms. The average Bonchev–Trinajstić information content (AvgIpc) is 2.29. The molecule has 0 aliphatic carbocycles. The second-order valence-electron chi connectivity index (χ2n) is 4.78. The quantitative estimate of drug-likeness (QED) is 0.812. The first-order valence-electron chi connectivity index (χ1n) is 6.67. The molecule has 0 unspecified atom stereocenters. The van der Waals surface area contributed by atoms with Crippen LogP contribution in [-0.2, 0) is 6.54 Å². The largest absolute Gasteiger partial charge is 0.369 e. The molecule has 0 aromatic heterocycles. The fourth-order valence-electron chi connectivity index (χ4n) is 2.23. The summed E-state index contributed by atoms with van der Waals surface area (Å²) >= 11 is 0. The van der Waals surface area contributed by atoms with Gasteiger partial charge in [-0.2, -0.15) is 0 Å². The highest BCUT2D eigenvalue weighted by molar-refractivity contribution is 5.55. The minimum atomic E-state index is 0.554. The van der Waals surface area contributed by atoms with Gasteiger partial charge >= 0.3 is 0 Å². The summed E-state index contributed by atoms with van der Waals surface area (Å²) in [5.41, 5.74) is 4.10. The molecule has 0 aliphatic heterocycles. The summed E-state index contributed by atoms with van der Waals surface area (Å²) in [6, 6.07) is 7.34. The smallest absolute Gasteiger partial charge is 0.0398 e. The van der Waals surface area contributed by atoms with Crippen LogP contribution < -0.4 is 10.2 Å². The number of benzene rings is 1. The van der Waals surface area contributed by atoms with E-state index in [1.54, 1.807) is 0 Å². The predicted octanol–water partition coefficient (Wildman–Crippen LogP) is 3.34. The van der Waals surface area contributed by atoms with Crippen molar-refractivity contribution in [2.45, 2.75) is 47.2 Å². The zero-order valence-electron chi connectivity index (χ0n) is 11.9. The minimum absolute atomic E-state index is 0.554. The Morgan fingerprint density at radius 1 is 1.24 bits per heavy atom. The number of nitrogens with one attached hydrogen (secondary N) is 1. The van der Waals surface area contributed by atoms with Crippen LogP contribution in [0, 0.1) is 6.92 Å². The Labute approximate surface area is 106 Å². The van der Waals surface area contributed by atoms with Crippen molar-refractivity contribution >= 4 is 5.69 Å². The fourth-order valence-corrected chi connectivity index (χ4v) is 2.23. The van der Waals surface area contributed by atoms with Crippen molar-refractivity contribution in [1.82, 2.24) is 5.32 Å². The second-order valence-corrected chi connectivity index (χ2v) is 4.78. The Morgan fingerprint density at radius 2 is 1.94 bits per heavy atom. The maximum Gasteiger partial charge on any atom is 0.0398 e. The maximum absolute atomic E-state index is 3.36. The van der Waals surface area contributed by atoms with E-state index >= 15 is 0 Å². The first kappa shape index (κ1) is 14.0. The normalized spacial score (nSPS) is 10.9. The molecule has 0 radical (unpaired) electrons. The highest BCUT2D eigenvalue weighted by Gasteiger charge is 2.10. The van der Waals surface area contributed by atoms with Crippen LogP contribution in [-0.4, -0.2) is 19.1 Å². The topological polar surface area (TPSA) is 15.3 Å². The summed E-state index contributed by atoms with van der Waals surface area (Å²) < 4.78 is 0. The van der Waals surface area contributed by atoms with Crippen molar-refractivity contribution in [1.29, 1.82) is 0 Å². The SMILES string of the molecule is CCNCc1ccc(N(CC)C(C)C)c(C)c1. The third-order valence-electron chi connectivity index (χ3n) is 3.11. The summed E-state index contributed by atoms with van der Waals surface area (Å²) in [7, 11) is 0. The number of anilines is 1. The first-order chi connectivity index (χ1) is 8.10. The first-order valence-corrected chi connectivity index (χ1v) is 6.67. The molecule has 0 saturated heterocycles. The molecule has 0 bridgehead atoms. The van der Waals surface area contributed by atoms with Crippen LogP contribution in [0.2, 0.25) is 0 Å². The van der Waals surface area contributed by atoms with Crippen molar-refractivity contribution in [2.24, 2.45) is 0 Å². The van der Waals surface area contributed by atoms with Crippen LogP contribution in [0.5, 0.6) is 0 Å². The van der Waals surface area contributed by atoms with E-state index in [0.29, 0.717) is 6.04 Å². The van der Waals surface area contributed by atoms with Crippen LogP contribution in [0.4, 0.5) is 5.69 Å². The zero-order valence-corrected chi connectivity index (χ0v) is 11.9. The monoisotopic (exact) mass is 234 g/mol. The van der Waals surface area contributed by atoms with Gasteiger partial charge in [0.1, 0.15) is 0 Å². The predicted molar refractivity (Wildman–Crippen MR) is 76.7 cm³/mol. The molecule has 1 N–H and O–H groups in total. The van der Waals surface area contributed by atoms with Crippen molar-refractivity contribution in [3.05, 3.63) is 29.3 Å². The number of nitrogens with zero attached hydrogens (tertiary/aromatic N) is 1. The van der Waals surface area contributed by atoms with Gasteiger partial charge in [0, 0.05) is 24.8 Å².